The van der Waals surface area contributed by atoms with Gasteiger partial charge in [-0.1, -0.05) is 38.8 Å². The van der Waals surface area contributed by atoms with Crippen molar-refractivity contribution >= 4 is 40.7 Å². The third-order valence-electron chi connectivity index (χ3n) is 7.10. The van der Waals surface area contributed by atoms with Gasteiger partial charge in [-0.05, 0) is 72.9 Å². The van der Waals surface area contributed by atoms with E-state index in [1.165, 1.54) is 0 Å². The van der Waals surface area contributed by atoms with Gasteiger partial charge in [0, 0.05) is 30.9 Å². The number of methoxy groups -OCH3 is 1. The highest BCUT2D eigenvalue weighted by molar-refractivity contribution is 7.96. The number of phenolic OH excluding ortho intramolecular Hbond substituents is 1. The van der Waals surface area contributed by atoms with Crippen molar-refractivity contribution in [3.8, 4) is 17.1 Å². The first kappa shape index (κ1) is 28.7. The summed E-state index contributed by atoms with van der Waals surface area (Å²) in [5.74, 6) is 1.85. The lowest BCUT2D eigenvalue weighted by Crippen LogP contribution is -2.43. The van der Waals surface area contributed by atoms with E-state index in [1.54, 1.807) is 25.1 Å². The Bertz CT molecular complexity index is 1360. The summed E-state index contributed by atoms with van der Waals surface area (Å²) in [7, 11) is 1.67. The number of aromatic nitrogens is 2. The number of fused-ring (bicyclic) bond motifs is 1. The first-order chi connectivity index (χ1) is 19.0. The molecule has 39 heavy (non-hydrogen) atoms. The second kappa shape index (κ2) is 13.2. The number of benzene rings is 2. The van der Waals surface area contributed by atoms with Gasteiger partial charge in [0.1, 0.15) is 17.3 Å². The van der Waals surface area contributed by atoms with Gasteiger partial charge >= 0.3 is 0 Å². The third kappa shape index (κ3) is 6.47. The minimum atomic E-state index is 0.0363. The second-order valence-corrected chi connectivity index (χ2v) is 10.4. The number of imidazole rings is 1. The molecule has 0 spiro atoms. The zero-order valence-electron chi connectivity index (χ0n) is 23.5. The lowest BCUT2D eigenvalue weighted by Gasteiger charge is -2.32. The lowest BCUT2D eigenvalue weighted by molar-refractivity contribution is 0.0712. The van der Waals surface area contributed by atoms with Crippen LogP contribution in [-0.4, -0.2) is 71.1 Å². The summed E-state index contributed by atoms with van der Waals surface area (Å²) in [6.45, 7) is 8.12. The average Bonchev–Trinajstić information content (AvgIpc) is 3.29. The number of rotatable bonds is 6. The molecule has 0 saturated carbocycles. The largest absolute Gasteiger partial charge is 0.507 e. The molecule has 0 bridgehead atoms. The number of aromatic amines is 1. The number of nitrogens with zero attached hydrogens (tertiary/aromatic N) is 3. The van der Waals surface area contributed by atoms with E-state index in [0.29, 0.717) is 29.5 Å². The Morgan fingerprint density at radius 2 is 1.95 bits per heavy atom. The highest BCUT2D eigenvalue weighted by Gasteiger charge is 2.24. The molecule has 3 N–H and O–H groups in total. The van der Waals surface area contributed by atoms with Crippen LogP contribution in [0.1, 0.15) is 56.0 Å². The van der Waals surface area contributed by atoms with Crippen LogP contribution in [0, 0.1) is 5.92 Å². The van der Waals surface area contributed by atoms with E-state index in [4.69, 9.17) is 9.72 Å². The Morgan fingerprint density at radius 3 is 2.67 bits per heavy atom. The predicted octanol–water partition coefficient (Wildman–Crippen LogP) is 5.90. The maximum absolute atomic E-state index is 13.2. The number of carbonyl (C=O) groups excluding carboxylic acids is 1. The molecule has 5 rings (SSSR count). The number of allylic oxidation sites excluding steroid dienone is 1. The van der Waals surface area contributed by atoms with Crippen LogP contribution >= 0.6 is 11.9 Å². The van der Waals surface area contributed by atoms with Crippen molar-refractivity contribution in [1.82, 2.24) is 19.6 Å². The molecule has 1 amide bonds. The summed E-state index contributed by atoms with van der Waals surface area (Å²) in [6, 6.07) is 11.5. The van der Waals surface area contributed by atoms with E-state index in [-0.39, 0.29) is 17.6 Å². The fourth-order valence-electron chi connectivity index (χ4n) is 5.10. The Kier molecular flexibility index (Phi) is 9.69. The van der Waals surface area contributed by atoms with Gasteiger partial charge in [0.2, 0.25) is 0 Å². The van der Waals surface area contributed by atoms with E-state index in [9.17, 15) is 9.90 Å². The molecule has 1 atom stereocenters. The smallest absolute Gasteiger partial charge is 0.253 e. The number of hydrogen-bond donors (Lipinski definition) is 3. The van der Waals surface area contributed by atoms with Gasteiger partial charge in [-0.2, -0.15) is 0 Å². The van der Waals surface area contributed by atoms with Gasteiger partial charge in [-0.25, -0.2) is 4.98 Å². The van der Waals surface area contributed by atoms with Gasteiger partial charge < -0.3 is 19.7 Å². The van der Waals surface area contributed by atoms with Gasteiger partial charge in [-0.15, -0.1) is 0 Å². The van der Waals surface area contributed by atoms with E-state index in [0.717, 1.165) is 60.3 Å². The Hall–Kier alpha value is -3.30. The van der Waals surface area contributed by atoms with Crippen molar-refractivity contribution < 1.29 is 14.6 Å². The van der Waals surface area contributed by atoms with Crippen molar-refractivity contribution in [1.29, 1.82) is 0 Å². The number of likely N-dealkylation sites (tertiary alicyclic amines) is 1. The molecule has 3 aromatic rings. The summed E-state index contributed by atoms with van der Waals surface area (Å²) in [6.07, 6.45) is 6.69. The number of aliphatic imine (C=N–C) groups is 1. The highest BCUT2D eigenvalue weighted by atomic mass is 32.2. The minimum Gasteiger partial charge on any atom is -0.507 e. The highest BCUT2D eigenvalue weighted by Crippen LogP contribution is 2.35. The average molecular weight is 550 g/mol. The molecule has 2 aliphatic heterocycles. The number of ether oxygens (including phenoxy) is 1. The van der Waals surface area contributed by atoms with Crippen molar-refractivity contribution in [3.63, 3.8) is 0 Å². The van der Waals surface area contributed by atoms with Gasteiger partial charge in [-0.3, -0.25) is 14.5 Å². The number of amides is 1. The van der Waals surface area contributed by atoms with Gasteiger partial charge in [0.25, 0.3) is 5.91 Å². The van der Waals surface area contributed by atoms with Crippen LogP contribution in [0.2, 0.25) is 0 Å². The van der Waals surface area contributed by atoms with Crippen LogP contribution in [0.15, 0.2) is 47.1 Å². The van der Waals surface area contributed by atoms with Gasteiger partial charge in [0.05, 0.1) is 30.3 Å². The van der Waals surface area contributed by atoms with Crippen LogP contribution in [0.25, 0.3) is 28.0 Å². The SMILES string of the molecule is CC.COC1=C(c2ccc(O)c(-c3nc4ccc(C(=O)N5CCC(NSC)CC5)cc4[nH]3)c2)CC(C)C=NC1. The minimum absolute atomic E-state index is 0.0363. The summed E-state index contributed by atoms with van der Waals surface area (Å²) in [5, 5.41) is 10.7. The maximum atomic E-state index is 13.2. The third-order valence-corrected chi connectivity index (χ3v) is 7.67. The summed E-state index contributed by atoms with van der Waals surface area (Å²) < 4.78 is 9.05. The fraction of sp³-hybridized carbons (Fsp3) is 0.433. The number of piperidine rings is 1. The first-order valence-corrected chi connectivity index (χ1v) is 14.9. The Balaban J connectivity index is 0.00000172. The van der Waals surface area contributed by atoms with Crippen LogP contribution in [-0.2, 0) is 4.74 Å². The molecule has 2 aliphatic rings. The molecule has 8 nitrogen and oxygen atoms in total. The number of H-pyrrole nitrogens is 1. The second-order valence-electron chi connectivity index (χ2n) is 9.71. The molecule has 0 radical (unpaired) electrons. The van der Waals surface area contributed by atoms with Crippen molar-refractivity contribution in [2.75, 3.05) is 33.0 Å². The van der Waals surface area contributed by atoms with Crippen LogP contribution in [0.5, 0.6) is 5.75 Å². The van der Waals surface area contributed by atoms with Crippen LogP contribution < -0.4 is 4.72 Å². The predicted molar refractivity (Wildman–Crippen MR) is 161 cm³/mol. The molecular weight excluding hydrogens is 510 g/mol. The number of carbonyl (C=O) groups is 1. The van der Waals surface area contributed by atoms with E-state index in [1.807, 2.05) is 61.5 Å². The zero-order chi connectivity index (χ0) is 27.9. The molecule has 1 saturated heterocycles. The topological polar surface area (TPSA) is 103 Å². The number of phenols is 1. The number of hydrogen-bond acceptors (Lipinski definition) is 7. The Morgan fingerprint density at radius 1 is 1.18 bits per heavy atom. The van der Waals surface area contributed by atoms with E-state index in [2.05, 4.69) is 21.6 Å². The summed E-state index contributed by atoms with van der Waals surface area (Å²) >= 11 is 1.63. The molecule has 3 heterocycles. The molecule has 208 valence electrons. The molecule has 1 fully saturated rings. The zero-order valence-corrected chi connectivity index (χ0v) is 24.3. The Labute approximate surface area is 235 Å². The number of nitrogens with one attached hydrogen (secondary N) is 2. The maximum Gasteiger partial charge on any atom is 0.253 e. The standard InChI is InChI=1S/C28H33N5O3S.C2H6/c1-17-12-21(26(36-2)16-29-15-17)18-5-7-25(34)22(13-18)27-30-23-6-4-19(14-24(23)31-27)28(35)33-10-8-20(9-11-33)32-37-3;1-2/h4-7,13-15,17,20,32,34H,8-12,16H2,1-3H3,(H,30,31);1-2H3. The summed E-state index contributed by atoms with van der Waals surface area (Å²) in [4.78, 5) is 27.6. The van der Waals surface area contributed by atoms with Crippen LogP contribution in [0.4, 0.5) is 0 Å². The molecule has 1 unspecified atom stereocenters. The molecule has 2 aromatic carbocycles. The monoisotopic (exact) mass is 549 g/mol. The van der Waals surface area contributed by atoms with E-state index >= 15 is 0 Å². The summed E-state index contributed by atoms with van der Waals surface area (Å²) in [5.41, 5.74) is 4.79. The first-order valence-electron chi connectivity index (χ1n) is 13.6. The molecule has 9 heteroatoms. The quantitative estimate of drug-likeness (QED) is 0.331. The fourth-order valence-corrected chi connectivity index (χ4v) is 5.67. The normalized spacial score (nSPS) is 18.1. The molecule has 1 aromatic heterocycles. The lowest BCUT2D eigenvalue weighted by atomic mass is 9.94. The van der Waals surface area contributed by atoms with Crippen LogP contribution in [0.3, 0.4) is 0 Å². The molecular formula is C30H39N5O3S. The van der Waals surface area contributed by atoms with Crippen molar-refractivity contribution in [2.24, 2.45) is 10.9 Å². The number of aromatic hydroxyl groups is 1. The van der Waals surface area contributed by atoms with Crippen molar-refractivity contribution in [2.45, 2.75) is 46.1 Å². The van der Waals surface area contributed by atoms with E-state index < -0.39 is 0 Å². The van der Waals surface area contributed by atoms with Crippen molar-refractivity contribution in [3.05, 3.63) is 53.3 Å². The van der Waals surface area contributed by atoms with Gasteiger partial charge in [0.15, 0.2) is 0 Å². The molecule has 0 aliphatic carbocycles.